The van der Waals surface area contributed by atoms with E-state index in [0.717, 1.165) is 13.7 Å². The lowest BCUT2D eigenvalue weighted by Crippen LogP contribution is -2.40. The quantitative estimate of drug-likeness (QED) is 0.341. The van der Waals surface area contributed by atoms with Crippen molar-refractivity contribution >= 4 is 28.6 Å². The standard InChI is InChI=1S/C9H10ClNO4.C6H10/c1-15-9(14)7(12)6-5(8(10)13)2-4-3-11(4)6;1-2-5-4-6(5)3-1/h4-6H,2-3H2,1H3;5-6H,1-4H2/t4-,5?,6?,11?;/m1./s1. The molecule has 2 aliphatic carbocycles. The predicted molar refractivity (Wildman–Crippen MR) is 75.7 cm³/mol. The summed E-state index contributed by atoms with van der Waals surface area (Å²) in [5.41, 5.74) is 0. The molecule has 21 heavy (non-hydrogen) atoms. The third-order valence-electron chi connectivity index (χ3n) is 5.19. The summed E-state index contributed by atoms with van der Waals surface area (Å²) in [5.74, 6) is 0.291. The van der Waals surface area contributed by atoms with E-state index in [4.69, 9.17) is 11.6 Å². The molecule has 2 saturated heterocycles. The number of nitrogens with zero attached hydrogens (tertiary/aromatic N) is 1. The van der Waals surface area contributed by atoms with Gasteiger partial charge >= 0.3 is 5.97 Å². The van der Waals surface area contributed by atoms with Crippen LogP contribution in [0.2, 0.25) is 0 Å². The Hall–Kier alpha value is -0.940. The fraction of sp³-hybridized carbons (Fsp3) is 0.800. The first-order valence-electron chi connectivity index (χ1n) is 7.60. The van der Waals surface area contributed by atoms with E-state index in [9.17, 15) is 14.4 Å². The van der Waals surface area contributed by atoms with E-state index in [1.807, 2.05) is 4.90 Å². The maximum atomic E-state index is 11.6. The number of rotatable bonds is 3. The fourth-order valence-corrected chi connectivity index (χ4v) is 4.04. The second-order valence-corrected chi connectivity index (χ2v) is 6.86. The molecular weight excluding hydrogens is 294 g/mol. The molecule has 0 bridgehead atoms. The van der Waals surface area contributed by atoms with Crippen LogP contribution in [0.3, 0.4) is 0 Å². The second-order valence-electron chi connectivity index (χ2n) is 6.48. The molecule has 4 fully saturated rings. The van der Waals surface area contributed by atoms with E-state index >= 15 is 0 Å². The van der Waals surface area contributed by atoms with Crippen molar-refractivity contribution in [1.29, 1.82) is 0 Å². The molecule has 0 aromatic heterocycles. The van der Waals surface area contributed by atoms with Crippen molar-refractivity contribution in [2.75, 3.05) is 13.7 Å². The van der Waals surface area contributed by atoms with Gasteiger partial charge in [-0.2, -0.15) is 0 Å². The normalized spacial score (nSPS) is 41.2. The van der Waals surface area contributed by atoms with Crippen molar-refractivity contribution in [3.63, 3.8) is 0 Å². The Labute approximate surface area is 128 Å². The van der Waals surface area contributed by atoms with Gasteiger partial charge in [0.1, 0.15) is 0 Å². The molecule has 4 aliphatic rings. The molecule has 6 atom stereocenters. The minimum absolute atomic E-state index is 0.233. The van der Waals surface area contributed by atoms with E-state index in [1.54, 1.807) is 19.3 Å². The minimum Gasteiger partial charge on any atom is -0.463 e. The first-order chi connectivity index (χ1) is 10.0. The Bertz CT molecular complexity index is 472. The van der Waals surface area contributed by atoms with E-state index in [0.29, 0.717) is 6.42 Å². The highest BCUT2D eigenvalue weighted by Gasteiger charge is 2.57. The zero-order valence-corrected chi connectivity index (χ0v) is 12.8. The van der Waals surface area contributed by atoms with Crippen LogP contribution in [-0.4, -0.2) is 47.6 Å². The summed E-state index contributed by atoms with van der Waals surface area (Å²) in [6.07, 6.45) is 6.81. The summed E-state index contributed by atoms with van der Waals surface area (Å²) in [5, 5.41) is -0.551. The summed E-state index contributed by atoms with van der Waals surface area (Å²) in [4.78, 5) is 35.6. The van der Waals surface area contributed by atoms with E-state index in [1.165, 1.54) is 18.3 Å². The number of Topliss-reactive ketones (excluding diaryl/α,β-unsaturated/α-hetero) is 1. The van der Waals surface area contributed by atoms with Crippen molar-refractivity contribution in [2.24, 2.45) is 17.8 Å². The monoisotopic (exact) mass is 313 g/mol. The molecule has 0 aromatic carbocycles. The third kappa shape index (κ3) is 2.99. The number of piperidine rings is 1. The van der Waals surface area contributed by atoms with Gasteiger partial charge < -0.3 is 4.74 Å². The largest absolute Gasteiger partial charge is 0.463 e. The maximum absolute atomic E-state index is 11.6. The average Bonchev–Trinajstić information content (AvgIpc) is 3.34. The molecule has 0 aromatic rings. The summed E-state index contributed by atoms with van der Waals surface area (Å²) < 4.78 is 4.35. The zero-order valence-electron chi connectivity index (χ0n) is 12.1. The molecule has 0 N–H and O–H groups in total. The van der Waals surface area contributed by atoms with Gasteiger partial charge in [0.05, 0.1) is 19.1 Å². The van der Waals surface area contributed by atoms with Crippen molar-refractivity contribution < 1.29 is 19.1 Å². The highest BCUT2D eigenvalue weighted by molar-refractivity contribution is 6.64. The number of ketones is 1. The zero-order chi connectivity index (χ0) is 15.1. The molecular formula is C15H20ClNO4. The maximum Gasteiger partial charge on any atom is 0.376 e. The van der Waals surface area contributed by atoms with E-state index in [-0.39, 0.29) is 6.04 Å². The van der Waals surface area contributed by atoms with Crippen LogP contribution in [0.15, 0.2) is 0 Å². The number of fused-ring (bicyclic) bond motifs is 2. The fourth-order valence-electron chi connectivity index (χ4n) is 3.83. The van der Waals surface area contributed by atoms with Crippen LogP contribution >= 0.6 is 11.6 Å². The highest BCUT2D eigenvalue weighted by Crippen LogP contribution is 2.51. The molecule has 2 aliphatic heterocycles. The van der Waals surface area contributed by atoms with Gasteiger partial charge in [-0.25, -0.2) is 4.79 Å². The van der Waals surface area contributed by atoms with Gasteiger partial charge in [-0.1, -0.05) is 19.3 Å². The number of hydrogen-bond acceptors (Lipinski definition) is 5. The summed E-state index contributed by atoms with van der Waals surface area (Å²) in [7, 11) is 1.15. The van der Waals surface area contributed by atoms with Crippen LogP contribution in [0.4, 0.5) is 0 Å². The first-order valence-corrected chi connectivity index (χ1v) is 7.98. The highest BCUT2D eigenvalue weighted by atomic mass is 35.5. The van der Waals surface area contributed by atoms with Crippen LogP contribution in [0.1, 0.15) is 32.1 Å². The van der Waals surface area contributed by atoms with Crippen molar-refractivity contribution in [3.8, 4) is 0 Å². The van der Waals surface area contributed by atoms with Crippen molar-refractivity contribution in [2.45, 2.75) is 44.2 Å². The molecule has 4 rings (SSSR count). The second kappa shape index (κ2) is 5.69. The van der Waals surface area contributed by atoms with Crippen molar-refractivity contribution in [1.82, 2.24) is 4.90 Å². The van der Waals surface area contributed by atoms with Gasteiger partial charge in [0.25, 0.3) is 5.78 Å². The lowest BCUT2D eigenvalue weighted by atomic mass is 9.95. The number of methoxy groups -OCH3 is 1. The van der Waals surface area contributed by atoms with Gasteiger partial charge in [-0.15, -0.1) is 0 Å². The van der Waals surface area contributed by atoms with Gasteiger partial charge in [-0.05, 0) is 36.3 Å². The number of carbonyl (C=O) groups excluding carboxylic acids is 3. The molecule has 2 saturated carbocycles. The molecule has 6 heteroatoms. The van der Waals surface area contributed by atoms with Crippen molar-refractivity contribution in [3.05, 3.63) is 0 Å². The van der Waals surface area contributed by atoms with Gasteiger partial charge in [0.15, 0.2) is 0 Å². The predicted octanol–water partition coefficient (Wildman–Crippen LogP) is 1.37. The molecule has 5 nitrogen and oxygen atoms in total. The Kier molecular flexibility index (Phi) is 4.06. The van der Waals surface area contributed by atoms with Crippen LogP contribution in [0.25, 0.3) is 0 Å². The topological polar surface area (TPSA) is 63.5 Å². The third-order valence-corrected chi connectivity index (χ3v) is 5.47. The van der Waals surface area contributed by atoms with Crippen LogP contribution in [0, 0.1) is 17.8 Å². The summed E-state index contributed by atoms with van der Waals surface area (Å²) in [6, 6.07) is -0.469. The van der Waals surface area contributed by atoms with Crippen LogP contribution in [0.5, 0.6) is 0 Å². The number of ether oxygens (including phenoxy) is 1. The lowest BCUT2D eigenvalue weighted by molar-refractivity contribution is -0.153. The van der Waals surface area contributed by atoms with Gasteiger partial charge in [0.2, 0.25) is 5.24 Å². The molecule has 0 spiro atoms. The minimum atomic E-state index is -0.907. The first kappa shape index (κ1) is 15.0. The van der Waals surface area contributed by atoms with Gasteiger partial charge in [0, 0.05) is 12.6 Å². The van der Waals surface area contributed by atoms with Crippen LogP contribution in [-0.2, 0) is 19.1 Å². The Morgan fingerprint density at radius 1 is 1.14 bits per heavy atom. The summed E-state index contributed by atoms with van der Waals surface area (Å²) >= 11 is 5.39. The van der Waals surface area contributed by atoms with Gasteiger partial charge in [-0.3, -0.25) is 14.5 Å². The van der Waals surface area contributed by atoms with E-state index in [2.05, 4.69) is 4.74 Å². The molecule has 0 amide bonds. The number of esters is 1. The smallest absolute Gasteiger partial charge is 0.376 e. The Morgan fingerprint density at radius 2 is 1.81 bits per heavy atom. The number of hydrogen-bond donors (Lipinski definition) is 0. The SMILES string of the molecule is C1CC2CC2C1.COC(=O)C(=O)C1C(C(=O)Cl)C[C@@H]2CN12. The lowest BCUT2D eigenvalue weighted by Gasteiger charge is -2.16. The molecule has 0 radical (unpaired) electrons. The molecule has 116 valence electrons. The molecule has 2 heterocycles. The summed E-state index contributed by atoms with van der Waals surface area (Å²) in [6.45, 7) is 0.758. The van der Waals surface area contributed by atoms with Crippen LogP contribution < -0.4 is 0 Å². The number of carbonyl (C=O) groups is 3. The number of halogens is 1. The Balaban J connectivity index is 0.000000180. The Morgan fingerprint density at radius 3 is 2.24 bits per heavy atom. The van der Waals surface area contributed by atoms with E-state index < -0.39 is 29.0 Å². The molecule has 5 unspecified atom stereocenters. The average molecular weight is 314 g/mol.